The Balaban J connectivity index is 2.57. The summed E-state index contributed by atoms with van der Waals surface area (Å²) in [5.74, 6) is 6.29. The van der Waals surface area contributed by atoms with Crippen molar-refractivity contribution in [2.24, 2.45) is 5.84 Å². The normalized spacial score (nSPS) is 9.59. The minimum Gasteiger partial charge on any atom is -0.493 e. The zero-order valence-electron chi connectivity index (χ0n) is 9.95. The number of rotatable bonds is 5. The third-order valence-electron chi connectivity index (χ3n) is 2.28. The second kappa shape index (κ2) is 6.59. The van der Waals surface area contributed by atoms with Crippen molar-refractivity contribution in [2.45, 2.75) is 6.42 Å². The molecule has 0 unspecified atom stereocenters. The number of hydrazine groups is 1. The third-order valence-corrected chi connectivity index (χ3v) is 2.28. The first kappa shape index (κ1) is 13.1. The van der Waals surface area contributed by atoms with Crippen LogP contribution in [-0.2, 0) is 6.42 Å². The predicted octanol–water partition coefficient (Wildman–Crippen LogP) is 0.419. The number of ether oxygens (including phenoxy) is 2. The topological polar surface area (TPSA) is 85.6 Å². The average molecular weight is 239 g/mol. The largest absolute Gasteiger partial charge is 0.493 e. The van der Waals surface area contributed by atoms with Crippen LogP contribution in [0.5, 0.6) is 11.5 Å². The maximum atomic E-state index is 10.8. The van der Waals surface area contributed by atoms with Gasteiger partial charge in [-0.25, -0.2) is 10.6 Å². The summed E-state index contributed by atoms with van der Waals surface area (Å²) in [5, 5.41) is 2.60. The van der Waals surface area contributed by atoms with E-state index in [1.165, 1.54) is 0 Å². The molecule has 0 aliphatic heterocycles. The first-order chi connectivity index (χ1) is 8.21. The molecule has 1 rings (SSSR count). The summed E-state index contributed by atoms with van der Waals surface area (Å²) in [6.07, 6.45) is 0.688. The van der Waals surface area contributed by atoms with Gasteiger partial charge in [-0.05, 0) is 24.1 Å². The average Bonchev–Trinajstić information content (AvgIpc) is 2.38. The van der Waals surface area contributed by atoms with Crippen molar-refractivity contribution < 1.29 is 14.3 Å². The summed E-state index contributed by atoms with van der Waals surface area (Å²) in [7, 11) is 3.17. The molecule has 0 spiro atoms. The van der Waals surface area contributed by atoms with Gasteiger partial charge in [-0.1, -0.05) is 6.07 Å². The smallest absolute Gasteiger partial charge is 0.328 e. The molecule has 0 atom stereocenters. The Kier molecular flexibility index (Phi) is 5.09. The van der Waals surface area contributed by atoms with Gasteiger partial charge in [0.25, 0.3) is 0 Å². The Morgan fingerprint density at radius 2 is 2.00 bits per heavy atom. The van der Waals surface area contributed by atoms with E-state index >= 15 is 0 Å². The second-order valence-corrected chi connectivity index (χ2v) is 3.34. The molecule has 4 N–H and O–H groups in total. The number of urea groups is 1. The molecule has 1 aromatic rings. The second-order valence-electron chi connectivity index (χ2n) is 3.34. The van der Waals surface area contributed by atoms with Crippen LogP contribution in [0, 0.1) is 0 Å². The number of amides is 2. The fraction of sp³-hybridized carbons (Fsp3) is 0.364. The van der Waals surface area contributed by atoms with Crippen LogP contribution in [0.4, 0.5) is 4.79 Å². The molecule has 2 amide bonds. The van der Waals surface area contributed by atoms with E-state index in [1.807, 2.05) is 23.6 Å². The Morgan fingerprint density at radius 1 is 1.29 bits per heavy atom. The Bertz CT molecular complexity index is 382. The Labute approximate surface area is 100 Å². The summed E-state index contributed by atoms with van der Waals surface area (Å²) < 4.78 is 10.3. The monoisotopic (exact) mass is 239 g/mol. The highest BCUT2D eigenvalue weighted by Gasteiger charge is 2.04. The fourth-order valence-corrected chi connectivity index (χ4v) is 1.41. The van der Waals surface area contributed by atoms with E-state index in [0.29, 0.717) is 24.5 Å². The van der Waals surface area contributed by atoms with Gasteiger partial charge in [-0.2, -0.15) is 0 Å². The number of carbonyl (C=O) groups is 1. The number of hydrogen-bond acceptors (Lipinski definition) is 4. The molecule has 1 aromatic carbocycles. The quantitative estimate of drug-likeness (QED) is 0.395. The van der Waals surface area contributed by atoms with Crippen LogP contribution in [0.1, 0.15) is 5.56 Å². The maximum absolute atomic E-state index is 10.8. The molecule has 0 saturated heterocycles. The molecule has 0 aliphatic carbocycles. The highest BCUT2D eigenvalue weighted by atomic mass is 16.5. The van der Waals surface area contributed by atoms with Crippen LogP contribution in [0.15, 0.2) is 18.2 Å². The lowest BCUT2D eigenvalue weighted by molar-refractivity contribution is 0.241. The van der Waals surface area contributed by atoms with Gasteiger partial charge >= 0.3 is 6.03 Å². The molecule has 0 bridgehead atoms. The van der Waals surface area contributed by atoms with E-state index in [1.54, 1.807) is 14.2 Å². The van der Waals surface area contributed by atoms with Crippen molar-refractivity contribution in [1.82, 2.24) is 10.7 Å². The van der Waals surface area contributed by atoms with Crippen LogP contribution in [-0.4, -0.2) is 26.8 Å². The number of benzene rings is 1. The minimum atomic E-state index is -0.398. The molecule has 6 heteroatoms. The molecule has 0 heterocycles. The van der Waals surface area contributed by atoms with Gasteiger partial charge in [0.2, 0.25) is 0 Å². The molecule has 0 fully saturated rings. The van der Waals surface area contributed by atoms with E-state index in [4.69, 9.17) is 15.3 Å². The van der Waals surface area contributed by atoms with E-state index < -0.39 is 6.03 Å². The van der Waals surface area contributed by atoms with Gasteiger partial charge in [-0.15, -0.1) is 0 Å². The van der Waals surface area contributed by atoms with Crippen molar-refractivity contribution in [3.8, 4) is 11.5 Å². The highest BCUT2D eigenvalue weighted by Crippen LogP contribution is 2.27. The van der Waals surface area contributed by atoms with Crippen LogP contribution < -0.4 is 26.1 Å². The lowest BCUT2D eigenvalue weighted by Gasteiger charge is -2.09. The third kappa shape index (κ3) is 3.84. The number of hydrogen-bond donors (Lipinski definition) is 3. The number of nitrogens with one attached hydrogen (secondary N) is 2. The summed E-state index contributed by atoms with van der Waals surface area (Å²) in [6, 6.07) is 5.23. The molecule has 0 aromatic heterocycles. The first-order valence-corrected chi connectivity index (χ1v) is 5.16. The molecular weight excluding hydrogens is 222 g/mol. The van der Waals surface area contributed by atoms with E-state index in [0.717, 1.165) is 5.56 Å². The summed E-state index contributed by atoms with van der Waals surface area (Å²) in [4.78, 5) is 10.8. The van der Waals surface area contributed by atoms with Crippen LogP contribution in [0.2, 0.25) is 0 Å². The molecule has 0 aliphatic rings. The van der Waals surface area contributed by atoms with Crippen molar-refractivity contribution in [2.75, 3.05) is 20.8 Å². The van der Waals surface area contributed by atoms with Crippen LogP contribution in [0.3, 0.4) is 0 Å². The van der Waals surface area contributed by atoms with Gasteiger partial charge in [0, 0.05) is 6.54 Å². The van der Waals surface area contributed by atoms with Gasteiger partial charge in [-0.3, -0.25) is 5.43 Å². The number of nitrogens with two attached hydrogens (primary N) is 1. The molecular formula is C11H17N3O3. The van der Waals surface area contributed by atoms with Crippen molar-refractivity contribution in [3.63, 3.8) is 0 Å². The number of carbonyl (C=O) groups excluding carboxylic acids is 1. The van der Waals surface area contributed by atoms with Crippen LogP contribution in [0.25, 0.3) is 0 Å². The van der Waals surface area contributed by atoms with Crippen molar-refractivity contribution >= 4 is 6.03 Å². The van der Waals surface area contributed by atoms with E-state index in [-0.39, 0.29) is 0 Å². The SMILES string of the molecule is COc1ccc(CCNC(=O)NN)cc1OC. The Morgan fingerprint density at radius 3 is 2.59 bits per heavy atom. The summed E-state index contributed by atoms with van der Waals surface area (Å²) in [5.41, 5.74) is 3.04. The predicted molar refractivity (Wildman–Crippen MR) is 64.0 cm³/mol. The molecule has 17 heavy (non-hydrogen) atoms. The van der Waals surface area contributed by atoms with Gasteiger partial charge in [0.05, 0.1) is 14.2 Å². The zero-order chi connectivity index (χ0) is 12.7. The maximum Gasteiger partial charge on any atom is 0.328 e. The standard InChI is InChI=1S/C11H17N3O3/c1-16-9-4-3-8(7-10(9)17-2)5-6-13-11(15)14-12/h3-4,7H,5-6,12H2,1-2H3,(H2,13,14,15). The summed E-state index contributed by atoms with van der Waals surface area (Å²) in [6.45, 7) is 0.499. The zero-order valence-corrected chi connectivity index (χ0v) is 9.95. The first-order valence-electron chi connectivity index (χ1n) is 5.16. The molecule has 94 valence electrons. The molecule has 0 radical (unpaired) electrons. The van der Waals surface area contributed by atoms with Crippen LogP contribution >= 0.6 is 0 Å². The van der Waals surface area contributed by atoms with E-state index in [9.17, 15) is 4.79 Å². The Hall–Kier alpha value is -1.95. The van der Waals surface area contributed by atoms with Crippen molar-refractivity contribution in [1.29, 1.82) is 0 Å². The minimum absolute atomic E-state index is 0.398. The highest BCUT2D eigenvalue weighted by molar-refractivity contribution is 5.72. The molecule has 0 saturated carbocycles. The lowest BCUT2D eigenvalue weighted by Crippen LogP contribution is -2.40. The van der Waals surface area contributed by atoms with Gasteiger partial charge in [0.1, 0.15) is 0 Å². The lowest BCUT2D eigenvalue weighted by atomic mass is 10.1. The fourth-order valence-electron chi connectivity index (χ4n) is 1.41. The van der Waals surface area contributed by atoms with Gasteiger partial charge in [0.15, 0.2) is 11.5 Å². The molecule has 6 nitrogen and oxygen atoms in total. The number of methoxy groups -OCH3 is 2. The van der Waals surface area contributed by atoms with Gasteiger partial charge < -0.3 is 14.8 Å². The van der Waals surface area contributed by atoms with E-state index in [2.05, 4.69) is 5.32 Å². The summed E-state index contributed by atoms with van der Waals surface area (Å²) >= 11 is 0. The van der Waals surface area contributed by atoms with Crippen molar-refractivity contribution in [3.05, 3.63) is 23.8 Å².